The first-order valence-corrected chi connectivity index (χ1v) is 5.29. The number of carbonyl (C=O) groups is 1. The molecular formula is C11H11N3O4. The second-order valence-electron chi connectivity index (χ2n) is 3.72. The second kappa shape index (κ2) is 4.74. The summed E-state index contributed by atoms with van der Waals surface area (Å²) in [5.74, 6) is -0.930. The van der Waals surface area contributed by atoms with Crippen LogP contribution in [0.4, 0.5) is 0 Å². The zero-order valence-electron chi connectivity index (χ0n) is 9.34. The van der Waals surface area contributed by atoms with Crippen molar-refractivity contribution in [1.29, 1.82) is 0 Å². The normalized spacial score (nSPS) is 10.4. The Hall–Kier alpha value is -2.57. The van der Waals surface area contributed by atoms with Crippen molar-refractivity contribution in [3.63, 3.8) is 0 Å². The number of aryl methyl sites for hydroxylation is 1. The van der Waals surface area contributed by atoms with Crippen LogP contribution >= 0.6 is 0 Å². The van der Waals surface area contributed by atoms with E-state index in [0.717, 1.165) is 4.57 Å². The largest absolute Gasteiger partial charge is 0.481 e. The van der Waals surface area contributed by atoms with Gasteiger partial charge in [0.2, 0.25) is 0 Å². The first-order valence-electron chi connectivity index (χ1n) is 5.29. The van der Waals surface area contributed by atoms with Crippen molar-refractivity contribution in [3.05, 3.63) is 50.8 Å². The van der Waals surface area contributed by atoms with Gasteiger partial charge in [0.25, 0.3) is 0 Å². The van der Waals surface area contributed by atoms with E-state index in [1.165, 1.54) is 0 Å². The number of aromatic nitrogens is 3. The molecule has 0 radical (unpaired) electrons. The van der Waals surface area contributed by atoms with Gasteiger partial charge in [-0.3, -0.25) is 4.79 Å². The molecule has 0 spiro atoms. The summed E-state index contributed by atoms with van der Waals surface area (Å²) in [6.07, 6.45) is 0.191. The van der Waals surface area contributed by atoms with Crippen molar-refractivity contribution in [1.82, 2.24) is 14.8 Å². The van der Waals surface area contributed by atoms with E-state index >= 15 is 0 Å². The second-order valence-corrected chi connectivity index (χ2v) is 3.72. The van der Waals surface area contributed by atoms with Crippen LogP contribution in [0.5, 0.6) is 0 Å². The highest BCUT2D eigenvalue weighted by Gasteiger charge is 2.11. The molecule has 0 amide bonds. The standard InChI is InChI=1S/C11H11N3O4/c15-9(16)6-5-7-3-1-2-4-8(7)14-10(17)12-13-11(14)18/h1-4H,5-6H2,(H,12,17)(H,13,18)(H,15,16). The average Bonchev–Trinajstić information content (AvgIpc) is 2.67. The van der Waals surface area contributed by atoms with E-state index in [0.29, 0.717) is 11.3 Å². The van der Waals surface area contributed by atoms with Gasteiger partial charge in [-0.1, -0.05) is 18.2 Å². The minimum absolute atomic E-state index is 0.0614. The maximum Gasteiger partial charge on any atom is 0.348 e. The zero-order chi connectivity index (χ0) is 13.1. The van der Waals surface area contributed by atoms with Crippen LogP contribution in [0.25, 0.3) is 5.69 Å². The van der Waals surface area contributed by atoms with Gasteiger partial charge in [0.1, 0.15) is 0 Å². The molecule has 1 heterocycles. The monoisotopic (exact) mass is 249 g/mol. The summed E-state index contributed by atoms with van der Waals surface area (Å²) in [6.45, 7) is 0. The molecule has 0 atom stereocenters. The number of hydrogen-bond donors (Lipinski definition) is 3. The molecule has 0 aliphatic carbocycles. The zero-order valence-corrected chi connectivity index (χ0v) is 9.34. The van der Waals surface area contributed by atoms with E-state index < -0.39 is 17.3 Å². The van der Waals surface area contributed by atoms with Gasteiger partial charge in [-0.15, -0.1) is 0 Å². The van der Waals surface area contributed by atoms with Crippen molar-refractivity contribution in [2.75, 3.05) is 0 Å². The van der Waals surface area contributed by atoms with Gasteiger partial charge in [-0.2, -0.15) is 0 Å². The summed E-state index contributed by atoms with van der Waals surface area (Å²) in [5, 5.41) is 13.0. The minimum Gasteiger partial charge on any atom is -0.481 e. The fraction of sp³-hybridized carbons (Fsp3) is 0.182. The average molecular weight is 249 g/mol. The van der Waals surface area contributed by atoms with E-state index in [-0.39, 0.29) is 12.8 Å². The van der Waals surface area contributed by atoms with Gasteiger partial charge >= 0.3 is 17.3 Å². The highest BCUT2D eigenvalue weighted by molar-refractivity contribution is 5.67. The molecule has 18 heavy (non-hydrogen) atoms. The number of nitrogens with zero attached hydrogens (tertiary/aromatic N) is 1. The number of aromatic amines is 2. The van der Waals surface area contributed by atoms with Gasteiger partial charge in [0.05, 0.1) is 5.69 Å². The molecule has 0 saturated carbocycles. The third-order valence-electron chi connectivity index (χ3n) is 2.52. The summed E-state index contributed by atoms with van der Waals surface area (Å²) >= 11 is 0. The summed E-state index contributed by atoms with van der Waals surface area (Å²) in [5.41, 5.74) is -0.135. The Balaban J connectivity index is 2.48. The molecule has 3 N–H and O–H groups in total. The molecule has 0 aliphatic heterocycles. The first kappa shape index (κ1) is 11.9. The molecule has 2 rings (SSSR count). The number of H-pyrrole nitrogens is 2. The first-order chi connectivity index (χ1) is 8.59. The lowest BCUT2D eigenvalue weighted by atomic mass is 10.1. The van der Waals surface area contributed by atoms with E-state index in [9.17, 15) is 14.4 Å². The molecule has 1 aromatic heterocycles. The molecule has 94 valence electrons. The van der Waals surface area contributed by atoms with Crippen molar-refractivity contribution in [3.8, 4) is 5.69 Å². The Kier molecular flexibility index (Phi) is 3.13. The fourth-order valence-electron chi connectivity index (χ4n) is 1.71. The lowest BCUT2D eigenvalue weighted by Gasteiger charge is -2.06. The molecule has 0 aliphatic rings. The Morgan fingerprint density at radius 1 is 1.17 bits per heavy atom. The van der Waals surface area contributed by atoms with Gasteiger partial charge in [0, 0.05) is 6.42 Å². The molecular weight excluding hydrogens is 238 g/mol. The number of nitrogens with one attached hydrogen (secondary N) is 2. The number of aliphatic carboxylic acids is 1. The smallest absolute Gasteiger partial charge is 0.348 e. The summed E-state index contributed by atoms with van der Waals surface area (Å²) in [7, 11) is 0. The highest BCUT2D eigenvalue weighted by atomic mass is 16.4. The van der Waals surface area contributed by atoms with Crippen LogP contribution in [0.2, 0.25) is 0 Å². The topological polar surface area (TPSA) is 108 Å². The van der Waals surface area contributed by atoms with Crippen molar-refractivity contribution in [2.24, 2.45) is 0 Å². The Bertz CT molecular complexity index is 652. The highest BCUT2D eigenvalue weighted by Crippen LogP contribution is 2.13. The lowest BCUT2D eigenvalue weighted by molar-refractivity contribution is -0.136. The minimum atomic E-state index is -0.930. The van der Waals surface area contributed by atoms with Crippen LogP contribution in [0.1, 0.15) is 12.0 Å². The number of benzene rings is 1. The number of para-hydroxylation sites is 1. The SMILES string of the molecule is O=C(O)CCc1ccccc1-n1c(=O)[nH][nH]c1=O. The lowest BCUT2D eigenvalue weighted by Crippen LogP contribution is -2.25. The van der Waals surface area contributed by atoms with Crippen molar-refractivity contribution < 1.29 is 9.90 Å². The number of hydrogen-bond acceptors (Lipinski definition) is 3. The fourth-order valence-corrected chi connectivity index (χ4v) is 1.71. The van der Waals surface area contributed by atoms with Crippen LogP contribution in [-0.4, -0.2) is 25.8 Å². The Morgan fingerprint density at radius 3 is 2.39 bits per heavy atom. The molecule has 7 nitrogen and oxygen atoms in total. The summed E-state index contributed by atoms with van der Waals surface area (Å²) < 4.78 is 0.942. The third-order valence-corrected chi connectivity index (χ3v) is 2.52. The van der Waals surface area contributed by atoms with Crippen LogP contribution in [0, 0.1) is 0 Å². The van der Waals surface area contributed by atoms with Gasteiger partial charge in [-0.25, -0.2) is 24.4 Å². The predicted molar refractivity (Wildman–Crippen MR) is 63.0 cm³/mol. The molecule has 2 aromatic rings. The van der Waals surface area contributed by atoms with E-state index in [2.05, 4.69) is 10.2 Å². The van der Waals surface area contributed by atoms with Crippen LogP contribution < -0.4 is 11.4 Å². The number of carboxylic acid groups (broad SMARTS) is 1. The Morgan fingerprint density at radius 2 is 1.78 bits per heavy atom. The molecule has 7 heteroatoms. The van der Waals surface area contributed by atoms with Crippen LogP contribution in [0.15, 0.2) is 33.9 Å². The van der Waals surface area contributed by atoms with E-state index in [1.807, 2.05) is 0 Å². The number of carboxylic acids is 1. The van der Waals surface area contributed by atoms with Crippen LogP contribution in [-0.2, 0) is 11.2 Å². The maximum atomic E-state index is 11.5. The van der Waals surface area contributed by atoms with E-state index in [1.54, 1.807) is 24.3 Å². The third kappa shape index (κ3) is 2.24. The molecule has 0 saturated heterocycles. The predicted octanol–water partition coefficient (Wildman–Crippen LogP) is -0.129. The molecule has 0 unspecified atom stereocenters. The van der Waals surface area contributed by atoms with Crippen molar-refractivity contribution >= 4 is 5.97 Å². The maximum absolute atomic E-state index is 11.5. The summed E-state index contributed by atoms with van der Waals surface area (Å²) in [4.78, 5) is 33.5. The van der Waals surface area contributed by atoms with Crippen molar-refractivity contribution in [2.45, 2.75) is 12.8 Å². The van der Waals surface area contributed by atoms with Crippen LogP contribution in [0.3, 0.4) is 0 Å². The van der Waals surface area contributed by atoms with Gasteiger partial charge < -0.3 is 5.11 Å². The van der Waals surface area contributed by atoms with Gasteiger partial charge in [0.15, 0.2) is 0 Å². The van der Waals surface area contributed by atoms with Gasteiger partial charge in [-0.05, 0) is 18.1 Å². The Labute approximate surface area is 101 Å². The number of rotatable bonds is 4. The molecule has 0 bridgehead atoms. The quantitative estimate of drug-likeness (QED) is 0.701. The molecule has 1 aromatic carbocycles. The molecule has 0 fully saturated rings. The summed E-state index contributed by atoms with van der Waals surface area (Å²) in [6, 6.07) is 6.70. The van der Waals surface area contributed by atoms with E-state index in [4.69, 9.17) is 5.11 Å².